The Morgan fingerprint density at radius 1 is 1.32 bits per heavy atom. The Hall–Kier alpha value is -2.27. The van der Waals surface area contributed by atoms with Crippen LogP contribution in [0.1, 0.15) is 10.4 Å². The zero-order valence-corrected chi connectivity index (χ0v) is 10.4. The number of carboxylic acids is 1. The van der Waals surface area contributed by atoms with E-state index < -0.39 is 11.8 Å². The highest BCUT2D eigenvalue weighted by Crippen LogP contribution is 2.32. The molecule has 4 N–H and O–H groups in total. The highest BCUT2D eigenvalue weighted by molar-refractivity contribution is 6.34. The van der Waals surface area contributed by atoms with Gasteiger partial charge in [-0.2, -0.15) is 0 Å². The van der Waals surface area contributed by atoms with Crippen LogP contribution in [0, 0.1) is 5.82 Å². The largest absolute Gasteiger partial charge is 0.478 e. The van der Waals surface area contributed by atoms with Crippen LogP contribution >= 0.6 is 11.6 Å². The number of hydrogen-bond acceptors (Lipinski definition) is 3. The normalized spacial score (nSPS) is 10.2. The third-order valence-electron chi connectivity index (χ3n) is 2.44. The number of nitrogens with one attached hydrogen (secondary N) is 1. The predicted molar refractivity (Wildman–Crippen MR) is 72.5 cm³/mol. The van der Waals surface area contributed by atoms with Gasteiger partial charge in [0.1, 0.15) is 5.82 Å². The molecule has 0 aliphatic carbocycles. The molecule has 0 aliphatic heterocycles. The van der Waals surface area contributed by atoms with Gasteiger partial charge in [-0.25, -0.2) is 9.18 Å². The fourth-order valence-electron chi connectivity index (χ4n) is 1.63. The summed E-state index contributed by atoms with van der Waals surface area (Å²) in [5.41, 5.74) is 6.29. The number of nitrogens with two attached hydrogens (primary N) is 1. The zero-order chi connectivity index (χ0) is 14.0. The molecule has 0 heterocycles. The van der Waals surface area contributed by atoms with E-state index in [4.69, 9.17) is 22.4 Å². The van der Waals surface area contributed by atoms with Gasteiger partial charge >= 0.3 is 5.97 Å². The van der Waals surface area contributed by atoms with Crippen LogP contribution in [0.5, 0.6) is 0 Å². The Kier molecular flexibility index (Phi) is 3.57. The summed E-state index contributed by atoms with van der Waals surface area (Å²) in [6.45, 7) is 0. The van der Waals surface area contributed by atoms with E-state index in [0.29, 0.717) is 5.69 Å². The van der Waals surface area contributed by atoms with Crippen molar-refractivity contribution in [3.05, 3.63) is 52.8 Å². The third kappa shape index (κ3) is 2.95. The Labute approximate surface area is 113 Å². The van der Waals surface area contributed by atoms with Gasteiger partial charge in [0, 0.05) is 11.4 Å². The molecule has 0 saturated carbocycles. The highest BCUT2D eigenvalue weighted by atomic mass is 35.5. The van der Waals surface area contributed by atoms with Crippen LogP contribution in [-0.4, -0.2) is 11.1 Å². The van der Waals surface area contributed by atoms with E-state index in [1.807, 2.05) is 0 Å². The first-order valence-corrected chi connectivity index (χ1v) is 5.70. The van der Waals surface area contributed by atoms with Crippen molar-refractivity contribution in [3.63, 3.8) is 0 Å². The van der Waals surface area contributed by atoms with Crippen LogP contribution in [0.15, 0.2) is 36.4 Å². The summed E-state index contributed by atoms with van der Waals surface area (Å²) in [5, 5.41) is 12.1. The molecule has 0 amide bonds. The minimum absolute atomic E-state index is 0.0748. The van der Waals surface area contributed by atoms with E-state index >= 15 is 0 Å². The second-order valence-corrected chi connectivity index (χ2v) is 4.27. The highest BCUT2D eigenvalue weighted by Gasteiger charge is 2.15. The van der Waals surface area contributed by atoms with Crippen LogP contribution < -0.4 is 11.1 Å². The standard InChI is InChI=1S/C13H10ClFN2O2/c14-11-6-8(16)5-10(13(18)19)12(11)17-9-3-1-2-7(15)4-9/h1-6,17H,16H2,(H,18,19). The van der Waals surface area contributed by atoms with Crippen molar-refractivity contribution in [3.8, 4) is 0 Å². The van der Waals surface area contributed by atoms with Crippen molar-refractivity contribution in [2.24, 2.45) is 0 Å². The van der Waals surface area contributed by atoms with E-state index in [0.717, 1.165) is 0 Å². The minimum Gasteiger partial charge on any atom is -0.478 e. The van der Waals surface area contributed by atoms with Gasteiger partial charge < -0.3 is 16.2 Å². The molecule has 19 heavy (non-hydrogen) atoms. The van der Waals surface area contributed by atoms with Crippen molar-refractivity contribution in [1.29, 1.82) is 0 Å². The topological polar surface area (TPSA) is 75.3 Å². The van der Waals surface area contributed by atoms with E-state index in [2.05, 4.69) is 5.32 Å². The van der Waals surface area contributed by atoms with E-state index in [1.165, 1.54) is 30.3 Å². The molecule has 4 nitrogen and oxygen atoms in total. The number of halogens is 2. The number of carboxylic acid groups (broad SMARTS) is 1. The average molecular weight is 281 g/mol. The molecule has 98 valence electrons. The maximum Gasteiger partial charge on any atom is 0.337 e. The molecular formula is C13H10ClFN2O2. The minimum atomic E-state index is -1.17. The molecule has 0 bridgehead atoms. The number of anilines is 3. The van der Waals surface area contributed by atoms with Crippen molar-refractivity contribution < 1.29 is 14.3 Å². The van der Waals surface area contributed by atoms with Crippen LogP contribution in [0.3, 0.4) is 0 Å². The summed E-state index contributed by atoms with van der Waals surface area (Å²) >= 11 is 5.97. The van der Waals surface area contributed by atoms with E-state index in [-0.39, 0.29) is 22.0 Å². The van der Waals surface area contributed by atoms with Crippen LogP contribution in [-0.2, 0) is 0 Å². The predicted octanol–water partition coefficient (Wildman–Crippen LogP) is 3.50. The number of hydrogen-bond donors (Lipinski definition) is 3. The van der Waals surface area contributed by atoms with Crippen LogP contribution in [0.25, 0.3) is 0 Å². The lowest BCUT2D eigenvalue weighted by Gasteiger charge is -2.12. The van der Waals surface area contributed by atoms with Crippen LogP contribution in [0.4, 0.5) is 21.5 Å². The van der Waals surface area contributed by atoms with Gasteiger partial charge in [-0.3, -0.25) is 0 Å². The SMILES string of the molecule is Nc1cc(Cl)c(Nc2cccc(F)c2)c(C(=O)O)c1. The van der Waals surface area contributed by atoms with Gasteiger partial charge in [-0.15, -0.1) is 0 Å². The van der Waals surface area contributed by atoms with Gasteiger partial charge in [-0.1, -0.05) is 17.7 Å². The summed E-state index contributed by atoms with van der Waals surface area (Å²) in [5.74, 6) is -1.61. The van der Waals surface area contributed by atoms with E-state index in [1.54, 1.807) is 6.07 Å². The number of benzene rings is 2. The Morgan fingerprint density at radius 2 is 2.05 bits per heavy atom. The summed E-state index contributed by atoms with van der Waals surface area (Å²) in [4.78, 5) is 11.2. The monoisotopic (exact) mass is 280 g/mol. The molecule has 0 unspecified atom stereocenters. The lowest BCUT2D eigenvalue weighted by molar-refractivity contribution is 0.0698. The summed E-state index contributed by atoms with van der Waals surface area (Å²) < 4.78 is 13.1. The Bertz CT molecular complexity index is 647. The second kappa shape index (κ2) is 5.16. The van der Waals surface area contributed by atoms with Gasteiger partial charge in [0.2, 0.25) is 0 Å². The smallest absolute Gasteiger partial charge is 0.337 e. The molecule has 2 aromatic carbocycles. The second-order valence-electron chi connectivity index (χ2n) is 3.87. The molecule has 2 aromatic rings. The summed E-state index contributed by atoms with van der Waals surface area (Å²) in [7, 11) is 0. The average Bonchev–Trinajstić information content (AvgIpc) is 2.32. The molecule has 0 spiro atoms. The van der Waals surface area contributed by atoms with Gasteiger partial charge in [-0.05, 0) is 30.3 Å². The summed E-state index contributed by atoms with van der Waals surface area (Å²) in [6.07, 6.45) is 0. The molecule has 6 heteroatoms. The van der Waals surface area contributed by atoms with Gasteiger partial charge in [0.25, 0.3) is 0 Å². The molecule has 0 radical (unpaired) electrons. The van der Waals surface area contributed by atoms with Crippen molar-refractivity contribution in [2.75, 3.05) is 11.1 Å². The fraction of sp³-hybridized carbons (Fsp3) is 0. The molecular weight excluding hydrogens is 271 g/mol. The molecule has 0 aliphatic rings. The third-order valence-corrected chi connectivity index (χ3v) is 2.74. The molecule has 0 fully saturated rings. The first-order chi connectivity index (χ1) is 8.97. The maximum absolute atomic E-state index is 13.1. The van der Waals surface area contributed by atoms with Gasteiger partial charge in [0.05, 0.1) is 16.3 Å². The van der Waals surface area contributed by atoms with Crippen LogP contribution in [0.2, 0.25) is 5.02 Å². The molecule has 0 aromatic heterocycles. The summed E-state index contributed by atoms with van der Waals surface area (Å²) in [6, 6.07) is 8.34. The molecule has 2 rings (SSSR count). The first kappa shape index (κ1) is 13.2. The Balaban J connectivity index is 2.47. The quantitative estimate of drug-likeness (QED) is 0.752. The molecule has 0 atom stereocenters. The van der Waals surface area contributed by atoms with Crippen molar-refractivity contribution in [2.45, 2.75) is 0 Å². The Morgan fingerprint density at radius 3 is 2.68 bits per heavy atom. The zero-order valence-electron chi connectivity index (χ0n) is 9.65. The lowest BCUT2D eigenvalue weighted by atomic mass is 10.1. The number of aromatic carboxylic acids is 1. The number of nitrogen functional groups attached to an aromatic ring is 1. The fourth-order valence-corrected chi connectivity index (χ4v) is 1.91. The van der Waals surface area contributed by atoms with Crippen molar-refractivity contribution >= 4 is 34.6 Å². The van der Waals surface area contributed by atoms with Crippen molar-refractivity contribution in [1.82, 2.24) is 0 Å². The number of rotatable bonds is 3. The number of carbonyl (C=O) groups is 1. The van der Waals surface area contributed by atoms with E-state index in [9.17, 15) is 9.18 Å². The van der Waals surface area contributed by atoms with Gasteiger partial charge in [0.15, 0.2) is 0 Å². The first-order valence-electron chi connectivity index (χ1n) is 5.32. The maximum atomic E-state index is 13.1. The lowest BCUT2D eigenvalue weighted by Crippen LogP contribution is -2.05. The molecule has 0 saturated heterocycles.